The lowest BCUT2D eigenvalue weighted by Crippen LogP contribution is -2.50. The number of carbonyl (C=O) groups excluding carboxylic acids is 3. The molecule has 0 aliphatic carbocycles. The van der Waals surface area contributed by atoms with Gasteiger partial charge in [0.1, 0.15) is 6.10 Å². The molecule has 0 saturated carbocycles. The zero-order valence-electron chi connectivity index (χ0n) is 13.4. The van der Waals surface area contributed by atoms with Crippen molar-refractivity contribution in [2.75, 3.05) is 6.54 Å². The predicted molar refractivity (Wildman–Crippen MR) is 88.9 cm³/mol. The van der Waals surface area contributed by atoms with Crippen molar-refractivity contribution in [2.24, 2.45) is 0 Å². The van der Waals surface area contributed by atoms with Crippen molar-refractivity contribution >= 4 is 17.8 Å². The first-order valence-electron chi connectivity index (χ1n) is 7.93. The van der Waals surface area contributed by atoms with Crippen molar-refractivity contribution in [3.8, 4) is 0 Å². The van der Waals surface area contributed by atoms with Crippen molar-refractivity contribution in [3.63, 3.8) is 0 Å². The third-order valence-corrected chi connectivity index (χ3v) is 3.82. The minimum atomic E-state index is -0.991. The molecule has 1 aliphatic heterocycles. The number of hydrogen-bond acceptors (Lipinski definition) is 5. The highest BCUT2D eigenvalue weighted by molar-refractivity contribution is 5.93. The van der Waals surface area contributed by atoms with E-state index in [-0.39, 0.29) is 13.0 Å². The molecular weight excluding hydrogens is 322 g/mol. The highest BCUT2D eigenvalue weighted by Crippen LogP contribution is 2.16. The fourth-order valence-electron chi connectivity index (χ4n) is 2.51. The van der Waals surface area contributed by atoms with Gasteiger partial charge in [-0.2, -0.15) is 0 Å². The van der Waals surface area contributed by atoms with Gasteiger partial charge in [0.2, 0.25) is 0 Å². The van der Waals surface area contributed by atoms with Gasteiger partial charge in [0.25, 0.3) is 5.91 Å². The molecule has 1 aliphatic rings. The molecule has 6 heteroatoms. The minimum absolute atomic E-state index is 0.128. The Hall–Kier alpha value is -3.15. The van der Waals surface area contributed by atoms with Crippen LogP contribution in [0.1, 0.15) is 27.1 Å². The van der Waals surface area contributed by atoms with Gasteiger partial charge in [-0.05, 0) is 24.3 Å². The van der Waals surface area contributed by atoms with Gasteiger partial charge >= 0.3 is 11.9 Å². The first kappa shape index (κ1) is 16.7. The molecule has 1 amide bonds. The van der Waals surface area contributed by atoms with E-state index in [1.54, 1.807) is 60.7 Å². The molecule has 1 N–H and O–H groups in total. The van der Waals surface area contributed by atoms with Crippen LogP contribution in [0, 0.1) is 0 Å². The standard InChI is InChI=1S/C19H17NO5/c21-17-16(25-19(23)14-9-5-2-6-10-14)11-15(12-20-17)24-18(22)13-7-3-1-4-8-13/h1-10,15-16H,11-12H2,(H,20,21)/t15-,16+/m1/s1. The Labute approximate surface area is 144 Å². The molecule has 1 fully saturated rings. The van der Waals surface area contributed by atoms with Crippen LogP contribution in [-0.2, 0) is 14.3 Å². The summed E-state index contributed by atoms with van der Waals surface area (Å²) < 4.78 is 10.7. The summed E-state index contributed by atoms with van der Waals surface area (Å²) in [5.41, 5.74) is 0.788. The Morgan fingerprint density at radius 2 is 1.36 bits per heavy atom. The van der Waals surface area contributed by atoms with Crippen molar-refractivity contribution < 1.29 is 23.9 Å². The van der Waals surface area contributed by atoms with Gasteiger partial charge in [-0.1, -0.05) is 36.4 Å². The molecule has 0 bridgehead atoms. The summed E-state index contributed by atoms with van der Waals surface area (Å²) in [6, 6.07) is 17.0. The van der Waals surface area contributed by atoms with Crippen molar-refractivity contribution in [3.05, 3.63) is 71.8 Å². The lowest BCUT2D eigenvalue weighted by atomic mass is 10.1. The second kappa shape index (κ2) is 7.61. The monoisotopic (exact) mass is 339 g/mol. The van der Waals surface area contributed by atoms with E-state index in [1.807, 2.05) is 0 Å². The van der Waals surface area contributed by atoms with Gasteiger partial charge in [0, 0.05) is 6.42 Å². The number of carbonyl (C=O) groups is 3. The van der Waals surface area contributed by atoms with Gasteiger partial charge in [-0.25, -0.2) is 9.59 Å². The van der Waals surface area contributed by atoms with E-state index in [9.17, 15) is 14.4 Å². The van der Waals surface area contributed by atoms with Crippen LogP contribution in [-0.4, -0.2) is 36.6 Å². The van der Waals surface area contributed by atoms with Crippen molar-refractivity contribution in [2.45, 2.75) is 18.6 Å². The van der Waals surface area contributed by atoms with Crippen LogP contribution in [0.2, 0.25) is 0 Å². The van der Waals surface area contributed by atoms with E-state index < -0.39 is 30.1 Å². The second-order valence-corrected chi connectivity index (χ2v) is 5.63. The normalized spacial score (nSPS) is 19.6. The molecule has 2 aromatic carbocycles. The second-order valence-electron chi connectivity index (χ2n) is 5.63. The summed E-state index contributed by atoms with van der Waals surface area (Å²) in [6.45, 7) is 0.191. The predicted octanol–water partition coefficient (Wildman–Crippen LogP) is 1.96. The number of amides is 1. The number of hydrogen-bond donors (Lipinski definition) is 1. The first-order chi connectivity index (χ1) is 12.1. The number of benzene rings is 2. The molecule has 0 unspecified atom stereocenters. The van der Waals surface area contributed by atoms with E-state index in [0.29, 0.717) is 11.1 Å². The molecule has 25 heavy (non-hydrogen) atoms. The highest BCUT2D eigenvalue weighted by Gasteiger charge is 2.33. The minimum Gasteiger partial charge on any atom is -0.457 e. The quantitative estimate of drug-likeness (QED) is 0.861. The average Bonchev–Trinajstić information content (AvgIpc) is 2.66. The molecule has 0 spiro atoms. The molecule has 0 aromatic heterocycles. The van der Waals surface area contributed by atoms with Crippen LogP contribution >= 0.6 is 0 Å². The van der Waals surface area contributed by atoms with Gasteiger partial charge < -0.3 is 14.8 Å². The number of piperidine rings is 1. The molecule has 3 rings (SSSR count). The van der Waals surface area contributed by atoms with Crippen LogP contribution in [0.5, 0.6) is 0 Å². The Bertz CT molecular complexity index is 760. The summed E-state index contributed by atoms with van der Waals surface area (Å²) in [5.74, 6) is -1.46. The van der Waals surface area contributed by atoms with Crippen LogP contribution in [0.15, 0.2) is 60.7 Å². The number of esters is 2. The lowest BCUT2D eigenvalue weighted by Gasteiger charge is -2.28. The van der Waals surface area contributed by atoms with E-state index >= 15 is 0 Å². The topological polar surface area (TPSA) is 81.7 Å². The van der Waals surface area contributed by atoms with E-state index in [2.05, 4.69) is 5.32 Å². The number of ether oxygens (including phenoxy) is 2. The maximum Gasteiger partial charge on any atom is 0.338 e. The molecule has 128 valence electrons. The third-order valence-electron chi connectivity index (χ3n) is 3.82. The van der Waals surface area contributed by atoms with Gasteiger partial charge in [-0.3, -0.25) is 4.79 Å². The highest BCUT2D eigenvalue weighted by atomic mass is 16.6. The fraction of sp³-hybridized carbons (Fsp3) is 0.211. The largest absolute Gasteiger partial charge is 0.457 e. The Kier molecular flexibility index (Phi) is 5.09. The summed E-state index contributed by atoms with van der Waals surface area (Å²) >= 11 is 0. The molecule has 2 aromatic rings. The van der Waals surface area contributed by atoms with Gasteiger partial charge in [0.05, 0.1) is 17.7 Å². The summed E-state index contributed by atoms with van der Waals surface area (Å²) in [7, 11) is 0. The fourth-order valence-corrected chi connectivity index (χ4v) is 2.51. The molecule has 6 nitrogen and oxygen atoms in total. The zero-order valence-corrected chi connectivity index (χ0v) is 13.4. The molecular formula is C19H17NO5. The maximum atomic E-state index is 12.1. The smallest absolute Gasteiger partial charge is 0.338 e. The third kappa shape index (κ3) is 4.23. The van der Waals surface area contributed by atoms with Crippen molar-refractivity contribution in [1.29, 1.82) is 0 Å². The summed E-state index contributed by atoms with van der Waals surface area (Å²) in [4.78, 5) is 36.1. The summed E-state index contributed by atoms with van der Waals surface area (Å²) in [6.07, 6.45) is -1.42. The van der Waals surface area contributed by atoms with Gasteiger partial charge in [-0.15, -0.1) is 0 Å². The van der Waals surface area contributed by atoms with Crippen molar-refractivity contribution in [1.82, 2.24) is 5.32 Å². The Morgan fingerprint density at radius 1 is 0.840 bits per heavy atom. The number of rotatable bonds is 4. The van der Waals surface area contributed by atoms with Crippen LogP contribution in [0.25, 0.3) is 0 Å². The molecule has 1 heterocycles. The van der Waals surface area contributed by atoms with E-state index in [1.165, 1.54) is 0 Å². The lowest BCUT2D eigenvalue weighted by molar-refractivity contribution is -0.135. The Morgan fingerprint density at radius 3 is 1.92 bits per heavy atom. The summed E-state index contributed by atoms with van der Waals surface area (Å²) in [5, 5.41) is 2.60. The zero-order chi connectivity index (χ0) is 17.6. The van der Waals surface area contributed by atoms with Gasteiger partial charge in [0.15, 0.2) is 6.10 Å². The Balaban J connectivity index is 1.61. The average molecular weight is 339 g/mol. The van der Waals surface area contributed by atoms with Crippen LogP contribution in [0.4, 0.5) is 0 Å². The first-order valence-corrected chi connectivity index (χ1v) is 7.93. The number of nitrogens with one attached hydrogen (secondary N) is 1. The maximum absolute atomic E-state index is 12.1. The molecule has 2 atom stereocenters. The van der Waals surface area contributed by atoms with Crippen LogP contribution in [0.3, 0.4) is 0 Å². The van der Waals surface area contributed by atoms with E-state index in [0.717, 1.165) is 0 Å². The molecule has 1 saturated heterocycles. The molecule has 0 radical (unpaired) electrons. The van der Waals surface area contributed by atoms with E-state index in [4.69, 9.17) is 9.47 Å². The SMILES string of the molecule is O=C(O[C@H]1CNC(=O)[C@@H](OC(=O)c2ccccc2)C1)c1ccccc1. The van der Waals surface area contributed by atoms with Crippen LogP contribution < -0.4 is 5.32 Å².